The van der Waals surface area contributed by atoms with Crippen molar-refractivity contribution in [1.29, 1.82) is 0 Å². The highest BCUT2D eigenvalue weighted by atomic mass is 32.2. The van der Waals surface area contributed by atoms with Crippen LogP contribution in [-0.4, -0.2) is 25.2 Å². The molecule has 0 atom stereocenters. The molecule has 1 aromatic carbocycles. The van der Waals surface area contributed by atoms with E-state index in [1.54, 1.807) is 0 Å². The molecule has 0 saturated heterocycles. The average Bonchev–Trinajstić information content (AvgIpc) is 2.37. The van der Waals surface area contributed by atoms with Crippen LogP contribution in [0.2, 0.25) is 0 Å². The molecule has 0 heterocycles. The molecule has 1 rings (SSSR count). The van der Waals surface area contributed by atoms with Gasteiger partial charge >= 0.3 is 0 Å². The maximum atomic E-state index is 5.92. The third-order valence-electron chi connectivity index (χ3n) is 3.02. The zero-order valence-corrected chi connectivity index (χ0v) is 13.5. The fourth-order valence-corrected chi connectivity index (χ4v) is 2.56. The third-order valence-corrected chi connectivity index (χ3v) is 3.71. The smallest absolute Gasteiger partial charge is 0.125 e. The summed E-state index contributed by atoms with van der Waals surface area (Å²) in [5.74, 6) is 2.23. The zero-order chi connectivity index (χ0) is 14.1. The summed E-state index contributed by atoms with van der Waals surface area (Å²) in [5.41, 5.74) is 3.84. The van der Waals surface area contributed by atoms with Crippen LogP contribution < -0.4 is 10.1 Å². The number of rotatable bonds is 9. The number of aryl methyl sites for hydroxylation is 2. The van der Waals surface area contributed by atoms with Gasteiger partial charge in [0.1, 0.15) is 5.75 Å². The quantitative estimate of drug-likeness (QED) is 0.693. The maximum absolute atomic E-state index is 5.92. The Labute approximate surface area is 122 Å². The lowest BCUT2D eigenvalue weighted by molar-refractivity contribution is 0.314. The van der Waals surface area contributed by atoms with E-state index in [0.29, 0.717) is 0 Å². The van der Waals surface area contributed by atoms with E-state index in [1.807, 2.05) is 11.8 Å². The van der Waals surface area contributed by atoms with Crippen molar-refractivity contribution in [3.8, 4) is 5.75 Å². The van der Waals surface area contributed by atoms with E-state index in [2.05, 4.69) is 44.5 Å². The predicted molar refractivity (Wildman–Crippen MR) is 86.4 cm³/mol. The molecule has 0 spiro atoms. The van der Waals surface area contributed by atoms with Gasteiger partial charge in [-0.1, -0.05) is 19.1 Å². The lowest BCUT2D eigenvalue weighted by atomic mass is 10.1. The Hall–Kier alpha value is -0.670. The molecule has 1 N–H and O–H groups in total. The fourth-order valence-electron chi connectivity index (χ4n) is 2.16. The third kappa shape index (κ3) is 5.87. The summed E-state index contributed by atoms with van der Waals surface area (Å²) in [6, 6.07) is 4.47. The number of hydrogen-bond donors (Lipinski definition) is 1. The molecule has 0 aliphatic carbocycles. The molecule has 0 amide bonds. The summed E-state index contributed by atoms with van der Waals surface area (Å²) in [6.45, 7) is 9.30. The topological polar surface area (TPSA) is 21.3 Å². The van der Waals surface area contributed by atoms with Crippen molar-refractivity contribution in [3.05, 3.63) is 28.8 Å². The van der Waals surface area contributed by atoms with E-state index in [-0.39, 0.29) is 0 Å². The van der Waals surface area contributed by atoms with E-state index in [4.69, 9.17) is 4.74 Å². The molecule has 0 aliphatic heterocycles. The monoisotopic (exact) mass is 281 g/mol. The van der Waals surface area contributed by atoms with Crippen molar-refractivity contribution in [2.24, 2.45) is 0 Å². The van der Waals surface area contributed by atoms with Crippen LogP contribution in [0.15, 0.2) is 12.1 Å². The lowest BCUT2D eigenvalue weighted by Gasteiger charge is -2.14. The van der Waals surface area contributed by atoms with Gasteiger partial charge in [-0.3, -0.25) is 0 Å². The molecule has 1 aromatic rings. The van der Waals surface area contributed by atoms with Gasteiger partial charge in [-0.25, -0.2) is 0 Å². The van der Waals surface area contributed by atoms with Crippen LogP contribution in [0.5, 0.6) is 5.75 Å². The van der Waals surface area contributed by atoms with Gasteiger partial charge in [0.2, 0.25) is 0 Å². The molecular formula is C16H27NOS. The van der Waals surface area contributed by atoms with Crippen LogP contribution in [0, 0.1) is 13.8 Å². The van der Waals surface area contributed by atoms with E-state index in [1.165, 1.54) is 23.1 Å². The van der Waals surface area contributed by atoms with E-state index < -0.39 is 0 Å². The average molecular weight is 281 g/mol. The molecule has 0 aliphatic rings. The van der Waals surface area contributed by atoms with Gasteiger partial charge in [0.15, 0.2) is 0 Å². The summed E-state index contributed by atoms with van der Waals surface area (Å²) < 4.78 is 5.92. The predicted octanol–water partition coefficient (Wildman–Crippen LogP) is 3.93. The SMILES string of the molecule is CCCNCc1cc(C)c(OCCCSC)c(C)c1. The Morgan fingerprint density at radius 1 is 1.21 bits per heavy atom. The molecule has 3 heteroatoms. The molecule has 2 nitrogen and oxygen atoms in total. The van der Waals surface area contributed by atoms with E-state index >= 15 is 0 Å². The number of thioether (sulfide) groups is 1. The van der Waals surface area contributed by atoms with Crippen LogP contribution in [0.4, 0.5) is 0 Å². The van der Waals surface area contributed by atoms with Gasteiger partial charge in [0.05, 0.1) is 6.61 Å². The summed E-state index contributed by atoms with van der Waals surface area (Å²) in [6.07, 6.45) is 4.42. The molecule has 0 unspecified atom stereocenters. The van der Waals surface area contributed by atoms with Crippen molar-refractivity contribution < 1.29 is 4.74 Å². The minimum absolute atomic E-state index is 0.815. The van der Waals surface area contributed by atoms with Crippen LogP contribution in [-0.2, 0) is 6.54 Å². The first-order chi connectivity index (χ1) is 9.19. The summed E-state index contributed by atoms with van der Waals surface area (Å²) in [7, 11) is 0. The molecular weight excluding hydrogens is 254 g/mol. The molecule has 108 valence electrons. The summed E-state index contributed by atoms with van der Waals surface area (Å²) in [4.78, 5) is 0. The van der Waals surface area contributed by atoms with Crippen molar-refractivity contribution in [2.45, 2.75) is 40.2 Å². The summed E-state index contributed by atoms with van der Waals surface area (Å²) >= 11 is 1.87. The molecule has 0 fully saturated rings. The first kappa shape index (κ1) is 16.4. The molecule has 0 radical (unpaired) electrons. The van der Waals surface area contributed by atoms with Gasteiger partial charge in [0, 0.05) is 6.54 Å². The Kier molecular flexibility index (Phi) is 7.99. The molecule has 0 bridgehead atoms. The second-order valence-electron chi connectivity index (χ2n) is 4.93. The molecule has 0 aromatic heterocycles. The standard InChI is InChI=1S/C16H27NOS/c1-5-7-17-12-15-10-13(2)16(14(3)11-15)18-8-6-9-19-4/h10-11,17H,5-9,12H2,1-4H3. The van der Waals surface area contributed by atoms with Crippen molar-refractivity contribution in [2.75, 3.05) is 25.2 Å². The Morgan fingerprint density at radius 3 is 2.47 bits per heavy atom. The van der Waals surface area contributed by atoms with Crippen LogP contribution >= 0.6 is 11.8 Å². The number of hydrogen-bond acceptors (Lipinski definition) is 3. The van der Waals surface area contributed by atoms with Gasteiger partial charge in [-0.15, -0.1) is 0 Å². The van der Waals surface area contributed by atoms with Gasteiger partial charge in [-0.2, -0.15) is 11.8 Å². The number of nitrogens with one attached hydrogen (secondary N) is 1. The minimum atomic E-state index is 0.815. The van der Waals surface area contributed by atoms with Crippen molar-refractivity contribution in [1.82, 2.24) is 5.32 Å². The largest absolute Gasteiger partial charge is 0.493 e. The Bertz CT molecular complexity index is 356. The van der Waals surface area contributed by atoms with Crippen LogP contribution in [0.1, 0.15) is 36.5 Å². The van der Waals surface area contributed by atoms with Gasteiger partial charge in [-0.05, 0) is 61.9 Å². The highest BCUT2D eigenvalue weighted by Crippen LogP contribution is 2.25. The highest BCUT2D eigenvalue weighted by Gasteiger charge is 2.06. The number of ether oxygens (including phenoxy) is 1. The zero-order valence-electron chi connectivity index (χ0n) is 12.7. The van der Waals surface area contributed by atoms with Gasteiger partial charge < -0.3 is 10.1 Å². The minimum Gasteiger partial charge on any atom is -0.493 e. The van der Waals surface area contributed by atoms with Gasteiger partial charge in [0.25, 0.3) is 0 Å². The maximum Gasteiger partial charge on any atom is 0.125 e. The Balaban J connectivity index is 2.58. The van der Waals surface area contributed by atoms with E-state index in [0.717, 1.165) is 37.6 Å². The number of benzene rings is 1. The summed E-state index contributed by atoms with van der Waals surface area (Å²) in [5, 5.41) is 3.44. The van der Waals surface area contributed by atoms with Crippen LogP contribution in [0.3, 0.4) is 0 Å². The molecule has 0 saturated carbocycles. The Morgan fingerprint density at radius 2 is 1.89 bits per heavy atom. The second kappa shape index (κ2) is 9.27. The second-order valence-corrected chi connectivity index (χ2v) is 5.92. The molecule has 19 heavy (non-hydrogen) atoms. The fraction of sp³-hybridized carbons (Fsp3) is 0.625. The first-order valence-corrected chi connectivity index (χ1v) is 8.51. The highest BCUT2D eigenvalue weighted by molar-refractivity contribution is 7.98. The van der Waals surface area contributed by atoms with E-state index in [9.17, 15) is 0 Å². The van der Waals surface area contributed by atoms with Crippen molar-refractivity contribution >= 4 is 11.8 Å². The van der Waals surface area contributed by atoms with Crippen LogP contribution in [0.25, 0.3) is 0 Å². The first-order valence-electron chi connectivity index (χ1n) is 7.11. The van der Waals surface area contributed by atoms with Crippen molar-refractivity contribution in [3.63, 3.8) is 0 Å². The lowest BCUT2D eigenvalue weighted by Crippen LogP contribution is -2.14. The normalized spacial score (nSPS) is 10.7.